The second kappa shape index (κ2) is 8.12. The zero-order chi connectivity index (χ0) is 21.0. The van der Waals surface area contributed by atoms with Gasteiger partial charge in [0.05, 0.1) is 12.2 Å². The number of aliphatic hydroxyl groups excluding tert-OH is 2. The molecule has 2 nitrogen and oxygen atoms in total. The van der Waals surface area contributed by atoms with Crippen molar-refractivity contribution in [1.82, 2.24) is 0 Å². The van der Waals surface area contributed by atoms with Crippen LogP contribution >= 0.6 is 0 Å². The highest BCUT2D eigenvalue weighted by molar-refractivity contribution is 5.11. The average Bonchev–Trinajstić information content (AvgIpc) is 3.00. The van der Waals surface area contributed by atoms with Crippen LogP contribution in [0.1, 0.15) is 105 Å². The number of hydrogen-bond donors (Lipinski definition) is 2. The van der Waals surface area contributed by atoms with Crippen LogP contribution in [-0.2, 0) is 0 Å². The molecule has 2 N–H and O–H groups in total. The zero-order valence-corrected chi connectivity index (χ0v) is 19.9. The Hall–Kier alpha value is -0.0800. The summed E-state index contributed by atoms with van der Waals surface area (Å²) in [6, 6.07) is 0. The lowest BCUT2D eigenvalue weighted by atomic mass is 9.43. The van der Waals surface area contributed by atoms with Crippen LogP contribution in [0, 0.1) is 52.3 Å². The Labute approximate surface area is 180 Å². The monoisotopic (exact) mass is 404 g/mol. The lowest BCUT2D eigenvalue weighted by Crippen LogP contribution is -2.59. The minimum absolute atomic E-state index is 0.0461. The first-order chi connectivity index (χ1) is 13.7. The van der Waals surface area contributed by atoms with E-state index < -0.39 is 0 Å². The third kappa shape index (κ3) is 3.63. The van der Waals surface area contributed by atoms with Crippen LogP contribution in [0.25, 0.3) is 0 Å². The molecule has 2 heteroatoms. The Kier molecular flexibility index (Phi) is 6.19. The molecule has 4 rings (SSSR count). The summed E-state index contributed by atoms with van der Waals surface area (Å²) in [7, 11) is 0. The van der Waals surface area contributed by atoms with E-state index in [1.54, 1.807) is 0 Å². The van der Waals surface area contributed by atoms with Crippen molar-refractivity contribution in [2.24, 2.45) is 52.3 Å². The van der Waals surface area contributed by atoms with Gasteiger partial charge in [-0.2, -0.15) is 0 Å². The number of rotatable bonds is 5. The fraction of sp³-hybridized carbons (Fsp3) is 1.00. The summed E-state index contributed by atoms with van der Waals surface area (Å²) in [5.74, 6) is 5.49. The van der Waals surface area contributed by atoms with Gasteiger partial charge in [0, 0.05) is 0 Å². The van der Waals surface area contributed by atoms with Crippen molar-refractivity contribution in [2.45, 2.75) is 117 Å². The standard InChI is InChI=1S/C27H48O2/c1-17(2)7-6-8-18(3)22-11-12-23-21-10-9-19-15-20(28)16-25(29)27(19,5)24(21)13-14-26(22,23)4/h17-25,28-29H,6-16H2,1-5H3/t18-,19+,20-,21+,22-,23+,24+,25+,26-,27+/m1/s1. The van der Waals surface area contributed by atoms with Gasteiger partial charge in [-0.1, -0.05) is 53.9 Å². The van der Waals surface area contributed by atoms with E-state index in [-0.39, 0.29) is 17.6 Å². The Morgan fingerprint density at radius 2 is 1.62 bits per heavy atom. The van der Waals surface area contributed by atoms with Crippen molar-refractivity contribution in [3.8, 4) is 0 Å². The molecule has 0 radical (unpaired) electrons. The maximum Gasteiger partial charge on any atom is 0.0623 e. The molecule has 0 aromatic heterocycles. The fourth-order valence-electron chi connectivity index (χ4n) is 9.32. The number of hydrogen-bond acceptors (Lipinski definition) is 2. The SMILES string of the molecule is CC(C)CCC[C@@H](C)[C@H]1CC[C@H]2[C@@H]3CC[C@H]4C[C@@H](O)C[C@H](O)[C@]4(C)[C@H]3CC[C@]12C. The van der Waals surface area contributed by atoms with Gasteiger partial charge in [0.25, 0.3) is 0 Å². The Morgan fingerprint density at radius 1 is 0.862 bits per heavy atom. The average molecular weight is 405 g/mol. The lowest BCUT2D eigenvalue weighted by Gasteiger charge is -2.62. The normalized spacial score (nSPS) is 50.7. The summed E-state index contributed by atoms with van der Waals surface area (Å²) < 4.78 is 0. The van der Waals surface area contributed by atoms with Gasteiger partial charge in [0.2, 0.25) is 0 Å². The molecule has 0 spiro atoms. The molecule has 0 aliphatic heterocycles. The maximum atomic E-state index is 11.1. The highest BCUT2D eigenvalue weighted by Gasteiger charge is 2.62. The van der Waals surface area contributed by atoms with Crippen molar-refractivity contribution < 1.29 is 10.2 Å². The Balaban J connectivity index is 1.49. The van der Waals surface area contributed by atoms with Gasteiger partial charge in [-0.05, 0) is 104 Å². The smallest absolute Gasteiger partial charge is 0.0623 e. The van der Waals surface area contributed by atoms with Gasteiger partial charge in [0.15, 0.2) is 0 Å². The summed E-state index contributed by atoms with van der Waals surface area (Å²) in [5, 5.41) is 21.4. The predicted octanol–water partition coefficient (Wildman–Crippen LogP) is 6.44. The van der Waals surface area contributed by atoms with Gasteiger partial charge in [0.1, 0.15) is 0 Å². The second-order valence-electron chi connectivity index (χ2n) is 12.7. The molecule has 0 aromatic carbocycles. The van der Waals surface area contributed by atoms with Gasteiger partial charge >= 0.3 is 0 Å². The van der Waals surface area contributed by atoms with E-state index in [1.807, 2.05) is 0 Å². The molecule has 4 saturated carbocycles. The van der Waals surface area contributed by atoms with Crippen molar-refractivity contribution >= 4 is 0 Å². The summed E-state index contributed by atoms with van der Waals surface area (Å²) in [4.78, 5) is 0. The van der Waals surface area contributed by atoms with Crippen molar-refractivity contribution in [3.63, 3.8) is 0 Å². The van der Waals surface area contributed by atoms with Crippen LogP contribution in [0.3, 0.4) is 0 Å². The Bertz CT molecular complexity index is 573. The van der Waals surface area contributed by atoms with E-state index in [0.29, 0.717) is 23.7 Å². The van der Waals surface area contributed by atoms with Crippen LogP contribution in [0.15, 0.2) is 0 Å². The first-order valence-electron chi connectivity index (χ1n) is 13.0. The summed E-state index contributed by atoms with van der Waals surface area (Å²) in [5.41, 5.74) is 0.575. The van der Waals surface area contributed by atoms with Crippen LogP contribution in [0.4, 0.5) is 0 Å². The topological polar surface area (TPSA) is 40.5 Å². The minimum atomic E-state index is -0.305. The summed E-state index contributed by atoms with van der Waals surface area (Å²) in [6.07, 6.45) is 13.3. The van der Waals surface area contributed by atoms with Crippen molar-refractivity contribution in [2.75, 3.05) is 0 Å². The van der Waals surface area contributed by atoms with Gasteiger partial charge < -0.3 is 10.2 Å². The van der Waals surface area contributed by atoms with E-state index in [2.05, 4.69) is 34.6 Å². The second-order valence-corrected chi connectivity index (χ2v) is 12.7. The van der Waals surface area contributed by atoms with E-state index >= 15 is 0 Å². The third-order valence-electron chi connectivity index (χ3n) is 10.9. The van der Waals surface area contributed by atoms with Gasteiger partial charge in [-0.15, -0.1) is 0 Å². The Morgan fingerprint density at radius 3 is 2.34 bits per heavy atom. The molecule has 0 heterocycles. The molecule has 0 aromatic rings. The largest absolute Gasteiger partial charge is 0.393 e. The molecule has 4 aliphatic carbocycles. The maximum absolute atomic E-state index is 11.1. The van der Waals surface area contributed by atoms with Crippen LogP contribution in [-0.4, -0.2) is 22.4 Å². The molecule has 168 valence electrons. The molecular formula is C27H48O2. The quantitative estimate of drug-likeness (QED) is 0.553. The van der Waals surface area contributed by atoms with Crippen molar-refractivity contribution in [1.29, 1.82) is 0 Å². The summed E-state index contributed by atoms with van der Waals surface area (Å²) in [6.45, 7) is 12.3. The van der Waals surface area contributed by atoms with Gasteiger partial charge in [-0.25, -0.2) is 0 Å². The van der Waals surface area contributed by atoms with Crippen LogP contribution in [0.2, 0.25) is 0 Å². The van der Waals surface area contributed by atoms with Crippen molar-refractivity contribution in [3.05, 3.63) is 0 Å². The first-order valence-corrected chi connectivity index (χ1v) is 13.0. The van der Waals surface area contributed by atoms with E-state index in [1.165, 1.54) is 57.8 Å². The molecule has 29 heavy (non-hydrogen) atoms. The minimum Gasteiger partial charge on any atom is -0.393 e. The molecule has 0 bridgehead atoms. The number of fused-ring (bicyclic) bond motifs is 5. The third-order valence-corrected chi connectivity index (χ3v) is 10.9. The molecule has 0 amide bonds. The van der Waals surface area contributed by atoms with E-state index in [0.717, 1.165) is 36.0 Å². The predicted molar refractivity (Wildman–Crippen MR) is 120 cm³/mol. The zero-order valence-electron chi connectivity index (χ0n) is 19.9. The molecule has 0 saturated heterocycles. The summed E-state index contributed by atoms with van der Waals surface area (Å²) >= 11 is 0. The molecule has 0 unspecified atom stereocenters. The first kappa shape index (κ1) is 22.1. The van der Waals surface area contributed by atoms with E-state index in [4.69, 9.17) is 0 Å². The number of aliphatic hydroxyl groups is 2. The molecular weight excluding hydrogens is 356 g/mol. The fourth-order valence-corrected chi connectivity index (χ4v) is 9.32. The van der Waals surface area contributed by atoms with Gasteiger partial charge in [-0.3, -0.25) is 0 Å². The molecule has 10 atom stereocenters. The molecule has 4 fully saturated rings. The highest BCUT2D eigenvalue weighted by atomic mass is 16.3. The van der Waals surface area contributed by atoms with Crippen LogP contribution in [0.5, 0.6) is 0 Å². The molecule has 4 aliphatic rings. The highest BCUT2D eigenvalue weighted by Crippen LogP contribution is 2.68. The van der Waals surface area contributed by atoms with E-state index in [9.17, 15) is 10.2 Å². The lowest BCUT2D eigenvalue weighted by molar-refractivity contribution is -0.182. The van der Waals surface area contributed by atoms with Crippen LogP contribution < -0.4 is 0 Å².